The van der Waals surface area contributed by atoms with Crippen LogP contribution in [0, 0.1) is 10.1 Å². The minimum atomic E-state index is -0.539. The van der Waals surface area contributed by atoms with Crippen LogP contribution in [0.4, 0.5) is 0 Å². The second-order valence-electron chi connectivity index (χ2n) is 2.58. The molecule has 4 heteroatoms. The average molecular weight is 145 g/mol. The lowest BCUT2D eigenvalue weighted by Crippen LogP contribution is -2.29. The molecule has 0 radical (unpaired) electrons. The summed E-state index contributed by atoms with van der Waals surface area (Å²) in [7, 11) is 0. The highest BCUT2D eigenvalue weighted by molar-refractivity contribution is 4.70. The maximum atomic E-state index is 10.2. The van der Waals surface area contributed by atoms with Gasteiger partial charge in [-0.25, -0.2) is 0 Å². The Labute approximate surface area is 59.3 Å². The van der Waals surface area contributed by atoms with Gasteiger partial charge in [0.1, 0.15) is 6.10 Å². The Morgan fingerprint density at radius 2 is 2.50 bits per heavy atom. The highest BCUT2D eigenvalue weighted by Crippen LogP contribution is 2.16. The third kappa shape index (κ3) is 1.44. The van der Waals surface area contributed by atoms with Gasteiger partial charge in [-0.1, -0.05) is 0 Å². The molecule has 0 N–H and O–H groups in total. The molecule has 1 aliphatic heterocycles. The first kappa shape index (κ1) is 7.47. The van der Waals surface area contributed by atoms with Gasteiger partial charge in [0.15, 0.2) is 0 Å². The number of nitrogens with zero attached hydrogens (tertiary/aromatic N) is 1. The zero-order valence-corrected chi connectivity index (χ0v) is 5.95. The lowest BCUT2D eigenvalue weighted by Gasteiger charge is -2.09. The summed E-state index contributed by atoms with van der Waals surface area (Å²) in [5.41, 5.74) is 0. The Kier molecular flexibility index (Phi) is 2.21. The standard InChI is InChI=1S/C6H11NO3/c1-5(7(8)9)6-3-2-4-10-6/h5-6H,2-4H2,1H3. The van der Waals surface area contributed by atoms with Crippen LogP contribution in [0.15, 0.2) is 0 Å². The van der Waals surface area contributed by atoms with Gasteiger partial charge in [-0.3, -0.25) is 10.1 Å². The highest BCUT2D eigenvalue weighted by Gasteiger charge is 2.29. The fourth-order valence-electron chi connectivity index (χ4n) is 1.12. The van der Waals surface area contributed by atoms with Crippen molar-refractivity contribution in [2.75, 3.05) is 6.61 Å². The molecule has 4 nitrogen and oxygen atoms in total. The van der Waals surface area contributed by atoms with Gasteiger partial charge in [0, 0.05) is 18.5 Å². The van der Waals surface area contributed by atoms with Crippen LogP contribution in [0.25, 0.3) is 0 Å². The maximum absolute atomic E-state index is 10.2. The number of hydrogen-bond acceptors (Lipinski definition) is 3. The van der Waals surface area contributed by atoms with E-state index in [1.165, 1.54) is 0 Å². The zero-order valence-electron chi connectivity index (χ0n) is 5.95. The van der Waals surface area contributed by atoms with Crippen LogP contribution in [0.1, 0.15) is 19.8 Å². The van der Waals surface area contributed by atoms with E-state index in [1.807, 2.05) is 0 Å². The molecule has 0 aromatic carbocycles. The second kappa shape index (κ2) is 2.96. The number of ether oxygens (including phenoxy) is 1. The van der Waals surface area contributed by atoms with E-state index in [0.29, 0.717) is 6.61 Å². The lowest BCUT2D eigenvalue weighted by molar-refractivity contribution is -0.529. The van der Waals surface area contributed by atoms with Crippen LogP contribution >= 0.6 is 0 Å². The van der Waals surface area contributed by atoms with Gasteiger partial charge in [0.25, 0.3) is 0 Å². The van der Waals surface area contributed by atoms with Crippen molar-refractivity contribution in [2.24, 2.45) is 0 Å². The Balaban J connectivity index is 2.39. The highest BCUT2D eigenvalue weighted by atomic mass is 16.6. The molecule has 2 atom stereocenters. The first-order valence-corrected chi connectivity index (χ1v) is 3.47. The van der Waals surface area contributed by atoms with Gasteiger partial charge >= 0.3 is 0 Å². The predicted molar refractivity (Wildman–Crippen MR) is 35.4 cm³/mol. The Morgan fingerprint density at radius 3 is 2.90 bits per heavy atom. The minimum Gasteiger partial charge on any atom is -0.371 e. The Bertz CT molecular complexity index is 131. The normalized spacial score (nSPS) is 28.3. The topological polar surface area (TPSA) is 52.4 Å². The molecule has 1 heterocycles. The molecule has 10 heavy (non-hydrogen) atoms. The van der Waals surface area contributed by atoms with Crippen LogP contribution in [-0.4, -0.2) is 23.7 Å². The van der Waals surface area contributed by atoms with Crippen molar-refractivity contribution >= 4 is 0 Å². The van der Waals surface area contributed by atoms with Gasteiger partial charge in [-0.05, 0) is 12.8 Å². The molecule has 0 saturated carbocycles. The molecule has 0 aliphatic carbocycles. The Morgan fingerprint density at radius 1 is 1.80 bits per heavy atom. The van der Waals surface area contributed by atoms with Gasteiger partial charge in [-0.15, -0.1) is 0 Å². The third-order valence-electron chi connectivity index (χ3n) is 1.84. The van der Waals surface area contributed by atoms with Crippen LogP contribution in [-0.2, 0) is 4.74 Å². The van der Waals surface area contributed by atoms with Crippen molar-refractivity contribution in [1.82, 2.24) is 0 Å². The zero-order chi connectivity index (χ0) is 7.56. The van der Waals surface area contributed by atoms with Crippen molar-refractivity contribution in [2.45, 2.75) is 31.9 Å². The summed E-state index contributed by atoms with van der Waals surface area (Å²) in [6.45, 7) is 2.28. The summed E-state index contributed by atoms with van der Waals surface area (Å²) < 4.78 is 5.13. The van der Waals surface area contributed by atoms with E-state index in [-0.39, 0.29) is 11.0 Å². The van der Waals surface area contributed by atoms with E-state index in [0.717, 1.165) is 12.8 Å². The summed E-state index contributed by atoms with van der Waals surface area (Å²) in [6.07, 6.45) is 1.65. The van der Waals surface area contributed by atoms with Crippen molar-refractivity contribution in [3.8, 4) is 0 Å². The second-order valence-corrected chi connectivity index (χ2v) is 2.58. The fourth-order valence-corrected chi connectivity index (χ4v) is 1.12. The molecule has 0 aromatic heterocycles. The monoisotopic (exact) mass is 145 g/mol. The van der Waals surface area contributed by atoms with Crippen LogP contribution < -0.4 is 0 Å². The fraction of sp³-hybridized carbons (Fsp3) is 1.00. The summed E-state index contributed by atoms with van der Waals surface area (Å²) in [4.78, 5) is 9.93. The third-order valence-corrected chi connectivity index (χ3v) is 1.84. The summed E-state index contributed by atoms with van der Waals surface area (Å²) in [6, 6.07) is -0.539. The van der Waals surface area contributed by atoms with E-state index in [4.69, 9.17) is 4.74 Å². The predicted octanol–water partition coefficient (Wildman–Crippen LogP) is 0.831. The lowest BCUT2D eigenvalue weighted by atomic mass is 10.1. The van der Waals surface area contributed by atoms with Crippen molar-refractivity contribution in [3.05, 3.63) is 10.1 Å². The molecular weight excluding hydrogens is 134 g/mol. The van der Waals surface area contributed by atoms with Crippen LogP contribution in [0.5, 0.6) is 0 Å². The molecule has 1 fully saturated rings. The number of rotatable bonds is 2. The number of nitro groups is 1. The smallest absolute Gasteiger partial charge is 0.236 e. The SMILES string of the molecule is CC(C1CCCO1)[N+](=O)[O-]. The van der Waals surface area contributed by atoms with E-state index < -0.39 is 6.04 Å². The van der Waals surface area contributed by atoms with Crippen LogP contribution in [0.3, 0.4) is 0 Å². The molecule has 1 rings (SSSR count). The molecule has 0 aromatic rings. The first-order valence-electron chi connectivity index (χ1n) is 3.47. The van der Waals surface area contributed by atoms with E-state index in [2.05, 4.69) is 0 Å². The average Bonchev–Trinajstić information content (AvgIpc) is 2.36. The van der Waals surface area contributed by atoms with Gasteiger partial charge in [0.2, 0.25) is 6.04 Å². The quantitative estimate of drug-likeness (QED) is 0.427. The van der Waals surface area contributed by atoms with Crippen LogP contribution in [0.2, 0.25) is 0 Å². The van der Waals surface area contributed by atoms with E-state index in [1.54, 1.807) is 6.92 Å². The molecule has 2 unspecified atom stereocenters. The maximum Gasteiger partial charge on any atom is 0.236 e. The van der Waals surface area contributed by atoms with E-state index in [9.17, 15) is 10.1 Å². The van der Waals surface area contributed by atoms with Crippen molar-refractivity contribution < 1.29 is 9.66 Å². The molecule has 0 bridgehead atoms. The first-order chi connectivity index (χ1) is 4.72. The molecular formula is C6H11NO3. The Hall–Kier alpha value is -0.640. The molecule has 1 aliphatic rings. The van der Waals surface area contributed by atoms with Crippen molar-refractivity contribution in [3.63, 3.8) is 0 Å². The van der Waals surface area contributed by atoms with Gasteiger partial charge in [0.05, 0.1) is 0 Å². The minimum absolute atomic E-state index is 0.144. The largest absolute Gasteiger partial charge is 0.371 e. The molecule has 0 spiro atoms. The van der Waals surface area contributed by atoms with E-state index >= 15 is 0 Å². The van der Waals surface area contributed by atoms with Gasteiger partial charge in [-0.2, -0.15) is 0 Å². The summed E-state index contributed by atoms with van der Waals surface area (Å²) in [5, 5.41) is 10.2. The summed E-state index contributed by atoms with van der Waals surface area (Å²) in [5.74, 6) is 0. The summed E-state index contributed by atoms with van der Waals surface area (Å²) >= 11 is 0. The molecule has 1 saturated heterocycles. The molecule has 58 valence electrons. The van der Waals surface area contributed by atoms with Crippen molar-refractivity contribution in [1.29, 1.82) is 0 Å². The number of hydrogen-bond donors (Lipinski definition) is 0. The van der Waals surface area contributed by atoms with Gasteiger partial charge < -0.3 is 4.74 Å². The molecule has 0 amide bonds.